The van der Waals surface area contributed by atoms with Gasteiger partial charge in [-0.15, -0.1) is 0 Å². The average molecular weight is 304 g/mol. The molecule has 1 aliphatic heterocycles. The second kappa shape index (κ2) is 5.49. The van der Waals surface area contributed by atoms with Gasteiger partial charge < -0.3 is 9.84 Å². The Hall–Kier alpha value is -0.600. The van der Waals surface area contributed by atoms with Gasteiger partial charge in [-0.3, -0.25) is 0 Å². The molecular formula is C20H32O2. The van der Waals surface area contributed by atoms with E-state index in [-0.39, 0.29) is 17.8 Å². The van der Waals surface area contributed by atoms with Crippen molar-refractivity contribution in [1.29, 1.82) is 0 Å². The van der Waals surface area contributed by atoms with Crippen molar-refractivity contribution < 1.29 is 9.84 Å². The molecule has 124 valence electrons. The van der Waals surface area contributed by atoms with Crippen LogP contribution in [0.4, 0.5) is 0 Å². The molecule has 0 unspecified atom stereocenters. The summed E-state index contributed by atoms with van der Waals surface area (Å²) >= 11 is 0. The molecule has 0 amide bonds. The predicted molar refractivity (Wildman–Crippen MR) is 90.6 cm³/mol. The SMILES string of the molecule is C=C(C)[C@@H]1CC[C@]2(C)C/C=C(\C)C[C@@H](O)[C@@H]3O[C@@]3(C)CC[C@@H]12. The molecule has 0 spiro atoms. The Morgan fingerprint density at radius 1 is 1.32 bits per heavy atom. The van der Waals surface area contributed by atoms with E-state index in [0.717, 1.165) is 19.3 Å². The fraction of sp³-hybridized carbons (Fsp3) is 0.800. The van der Waals surface area contributed by atoms with Crippen molar-refractivity contribution in [1.82, 2.24) is 0 Å². The molecule has 22 heavy (non-hydrogen) atoms. The minimum atomic E-state index is -0.344. The van der Waals surface area contributed by atoms with E-state index in [4.69, 9.17) is 4.74 Å². The summed E-state index contributed by atoms with van der Waals surface area (Å²) in [6.45, 7) is 13.3. The van der Waals surface area contributed by atoms with Gasteiger partial charge in [0.25, 0.3) is 0 Å². The summed E-state index contributed by atoms with van der Waals surface area (Å²) in [6.07, 6.45) is 8.80. The van der Waals surface area contributed by atoms with Crippen molar-refractivity contribution in [2.24, 2.45) is 17.3 Å². The van der Waals surface area contributed by atoms with Crippen LogP contribution < -0.4 is 0 Å². The maximum Gasteiger partial charge on any atom is 0.113 e. The van der Waals surface area contributed by atoms with E-state index in [1.807, 2.05) is 0 Å². The molecule has 2 aliphatic carbocycles. The maximum atomic E-state index is 10.4. The van der Waals surface area contributed by atoms with Crippen LogP contribution >= 0.6 is 0 Å². The zero-order valence-electron chi connectivity index (χ0n) is 14.7. The number of ether oxygens (including phenoxy) is 1. The van der Waals surface area contributed by atoms with Crippen LogP contribution in [0.25, 0.3) is 0 Å². The topological polar surface area (TPSA) is 32.8 Å². The first-order valence-corrected chi connectivity index (χ1v) is 8.92. The van der Waals surface area contributed by atoms with Crippen molar-refractivity contribution in [3.05, 3.63) is 23.8 Å². The Kier molecular flexibility index (Phi) is 4.06. The summed E-state index contributed by atoms with van der Waals surface area (Å²) in [4.78, 5) is 0. The van der Waals surface area contributed by atoms with Gasteiger partial charge in [0.1, 0.15) is 6.10 Å². The van der Waals surface area contributed by atoms with Crippen LogP contribution in [0.15, 0.2) is 23.8 Å². The lowest BCUT2D eigenvalue weighted by Crippen LogP contribution is -2.28. The number of epoxide rings is 1. The van der Waals surface area contributed by atoms with E-state index in [1.165, 1.54) is 30.4 Å². The number of hydrogen-bond donors (Lipinski definition) is 1. The Balaban J connectivity index is 1.87. The predicted octanol–water partition coefficient (Wildman–Crippen LogP) is 4.63. The van der Waals surface area contributed by atoms with E-state index in [1.54, 1.807) is 0 Å². The number of aliphatic hydroxyl groups is 1. The summed E-state index contributed by atoms with van der Waals surface area (Å²) in [6, 6.07) is 0. The van der Waals surface area contributed by atoms with Gasteiger partial charge in [-0.2, -0.15) is 0 Å². The third kappa shape index (κ3) is 2.80. The third-order valence-electron chi connectivity index (χ3n) is 6.73. The van der Waals surface area contributed by atoms with Crippen LogP contribution in [0.2, 0.25) is 0 Å². The molecule has 2 heteroatoms. The molecule has 3 aliphatic rings. The molecule has 0 bridgehead atoms. The molecule has 1 N–H and O–H groups in total. The smallest absolute Gasteiger partial charge is 0.113 e. The molecule has 0 aromatic rings. The quantitative estimate of drug-likeness (QED) is 0.566. The van der Waals surface area contributed by atoms with Crippen LogP contribution in [-0.2, 0) is 4.74 Å². The average Bonchev–Trinajstić information content (AvgIpc) is 2.99. The number of hydrogen-bond acceptors (Lipinski definition) is 2. The van der Waals surface area contributed by atoms with E-state index in [2.05, 4.69) is 40.3 Å². The molecular weight excluding hydrogens is 272 g/mol. The Bertz CT molecular complexity index is 494. The highest BCUT2D eigenvalue weighted by Gasteiger charge is 2.56. The highest BCUT2D eigenvalue weighted by atomic mass is 16.6. The van der Waals surface area contributed by atoms with Crippen LogP contribution in [0.3, 0.4) is 0 Å². The van der Waals surface area contributed by atoms with Crippen molar-refractivity contribution in [3.63, 3.8) is 0 Å². The van der Waals surface area contributed by atoms with Crippen LogP contribution in [0.1, 0.15) is 66.2 Å². The monoisotopic (exact) mass is 304 g/mol. The molecule has 2 fully saturated rings. The molecule has 2 nitrogen and oxygen atoms in total. The summed E-state index contributed by atoms with van der Waals surface area (Å²) < 4.78 is 5.92. The molecule has 0 aromatic heterocycles. The highest BCUT2D eigenvalue weighted by Crippen LogP contribution is 2.56. The second-order valence-corrected chi connectivity index (χ2v) is 8.67. The molecule has 3 rings (SSSR count). The number of aliphatic hydroxyl groups excluding tert-OH is 1. The lowest BCUT2D eigenvalue weighted by Gasteiger charge is -2.34. The van der Waals surface area contributed by atoms with Crippen LogP contribution in [0, 0.1) is 17.3 Å². The van der Waals surface area contributed by atoms with Gasteiger partial charge >= 0.3 is 0 Å². The number of allylic oxidation sites excluding steroid dienone is 2. The Morgan fingerprint density at radius 2 is 2.05 bits per heavy atom. The van der Waals surface area contributed by atoms with Crippen LogP contribution in [-0.4, -0.2) is 22.9 Å². The minimum absolute atomic E-state index is 0.0323. The second-order valence-electron chi connectivity index (χ2n) is 8.67. The van der Waals surface area contributed by atoms with Gasteiger partial charge in [0, 0.05) is 0 Å². The fourth-order valence-corrected chi connectivity index (χ4v) is 5.06. The molecule has 1 saturated heterocycles. The minimum Gasteiger partial charge on any atom is -0.390 e. The number of fused-ring (bicyclic) bond motifs is 2. The van der Waals surface area contributed by atoms with E-state index in [0.29, 0.717) is 17.3 Å². The Labute approximate surface area is 135 Å². The van der Waals surface area contributed by atoms with Crippen molar-refractivity contribution >= 4 is 0 Å². The fourth-order valence-electron chi connectivity index (χ4n) is 5.06. The van der Waals surface area contributed by atoms with Gasteiger partial charge in [0.2, 0.25) is 0 Å². The molecule has 0 aromatic carbocycles. The standard InChI is InChI=1S/C20H32O2/c1-13(2)15-7-10-19(4)9-6-14(3)12-17(21)18-20(5,22-18)11-8-16(15)19/h6,15-18,21H,1,7-12H2,2-5H3/b14-6+/t15-,16-,17+,18-,19-,20-/m0/s1. The molecule has 1 heterocycles. The third-order valence-corrected chi connectivity index (χ3v) is 6.73. The zero-order valence-corrected chi connectivity index (χ0v) is 14.7. The van der Waals surface area contributed by atoms with Gasteiger partial charge in [-0.25, -0.2) is 0 Å². The first-order valence-electron chi connectivity index (χ1n) is 8.92. The van der Waals surface area contributed by atoms with Crippen molar-refractivity contribution in [2.75, 3.05) is 0 Å². The van der Waals surface area contributed by atoms with Gasteiger partial charge in [-0.1, -0.05) is 30.7 Å². The zero-order chi connectivity index (χ0) is 16.1. The summed E-state index contributed by atoms with van der Waals surface area (Å²) in [5, 5.41) is 10.4. The molecule has 1 saturated carbocycles. The van der Waals surface area contributed by atoms with E-state index < -0.39 is 0 Å². The lowest BCUT2D eigenvalue weighted by molar-refractivity contribution is 0.133. The summed E-state index contributed by atoms with van der Waals surface area (Å²) in [5.74, 6) is 1.36. The van der Waals surface area contributed by atoms with E-state index >= 15 is 0 Å². The first kappa shape index (κ1) is 16.3. The summed E-state index contributed by atoms with van der Waals surface area (Å²) in [7, 11) is 0. The van der Waals surface area contributed by atoms with Crippen molar-refractivity contribution in [2.45, 2.75) is 84.0 Å². The molecule has 0 radical (unpaired) electrons. The maximum absolute atomic E-state index is 10.4. The number of rotatable bonds is 1. The normalized spacial score (nSPS) is 51.0. The van der Waals surface area contributed by atoms with E-state index in [9.17, 15) is 5.11 Å². The Morgan fingerprint density at radius 3 is 2.73 bits per heavy atom. The van der Waals surface area contributed by atoms with Gasteiger partial charge in [0.15, 0.2) is 0 Å². The summed E-state index contributed by atoms with van der Waals surface area (Å²) in [5.41, 5.74) is 2.93. The van der Waals surface area contributed by atoms with Gasteiger partial charge in [-0.05, 0) is 76.5 Å². The first-order chi connectivity index (χ1) is 10.3. The lowest BCUT2D eigenvalue weighted by atomic mass is 9.70. The van der Waals surface area contributed by atoms with Crippen LogP contribution in [0.5, 0.6) is 0 Å². The largest absolute Gasteiger partial charge is 0.390 e. The highest BCUT2D eigenvalue weighted by molar-refractivity contribution is 5.14. The molecule has 6 atom stereocenters. The van der Waals surface area contributed by atoms with Gasteiger partial charge in [0.05, 0.1) is 11.7 Å². The van der Waals surface area contributed by atoms with Crippen molar-refractivity contribution in [3.8, 4) is 0 Å².